The number of methoxy groups -OCH3 is 1. The summed E-state index contributed by atoms with van der Waals surface area (Å²) in [5.74, 6) is 0.318. The van der Waals surface area contributed by atoms with Crippen molar-refractivity contribution in [1.82, 2.24) is 5.43 Å². The Labute approximate surface area is 155 Å². The predicted molar refractivity (Wildman–Crippen MR) is 101 cm³/mol. The van der Waals surface area contributed by atoms with Crippen molar-refractivity contribution in [2.24, 2.45) is 5.10 Å². The Kier molecular flexibility index (Phi) is 4.30. The second-order valence-corrected chi connectivity index (χ2v) is 5.97. The van der Waals surface area contributed by atoms with Crippen molar-refractivity contribution in [1.29, 1.82) is 0 Å². The van der Waals surface area contributed by atoms with Crippen LogP contribution in [0.5, 0.6) is 11.5 Å². The molecule has 134 valence electrons. The molecule has 0 unspecified atom stereocenters. The predicted octanol–water partition coefficient (Wildman–Crippen LogP) is 2.94. The van der Waals surface area contributed by atoms with Crippen molar-refractivity contribution in [3.8, 4) is 11.5 Å². The van der Waals surface area contributed by atoms with Crippen LogP contribution in [0.25, 0.3) is 10.8 Å². The molecule has 0 saturated carbocycles. The minimum Gasteiger partial charge on any atom is -0.493 e. The van der Waals surface area contributed by atoms with E-state index in [1.54, 1.807) is 24.3 Å². The van der Waals surface area contributed by atoms with Gasteiger partial charge in [-0.05, 0) is 17.5 Å². The summed E-state index contributed by atoms with van der Waals surface area (Å²) >= 11 is 0. The number of carbonyl (C=O) groups is 2. The molecule has 0 aromatic heterocycles. The maximum Gasteiger partial charge on any atom is 0.277 e. The highest BCUT2D eigenvalue weighted by Gasteiger charge is 2.28. The van der Waals surface area contributed by atoms with E-state index >= 15 is 0 Å². The first-order valence-electron chi connectivity index (χ1n) is 8.38. The molecule has 0 radical (unpaired) electrons. The molecule has 6 nitrogen and oxygen atoms in total. The number of amides is 1. The van der Waals surface area contributed by atoms with Crippen LogP contribution >= 0.6 is 0 Å². The van der Waals surface area contributed by atoms with Crippen molar-refractivity contribution in [3.05, 3.63) is 71.8 Å². The van der Waals surface area contributed by atoms with E-state index in [0.29, 0.717) is 17.1 Å². The fourth-order valence-corrected chi connectivity index (χ4v) is 3.12. The van der Waals surface area contributed by atoms with Crippen LogP contribution in [-0.2, 0) is 4.79 Å². The number of Topliss-reactive ketones (excluding diaryl/α,β-unsaturated/α-hetero) is 1. The molecule has 0 bridgehead atoms. The van der Waals surface area contributed by atoms with Crippen LogP contribution < -0.4 is 14.9 Å². The summed E-state index contributed by atoms with van der Waals surface area (Å²) in [5.41, 5.74) is 3.95. The molecule has 0 saturated heterocycles. The zero-order chi connectivity index (χ0) is 18.8. The molecule has 4 rings (SSSR count). The van der Waals surface area contributed by atoms with Crippen LogP contribution in [0.4, 0.5) is 0 Å². The lowest BCUT2D eigenvalue weighted by atomic mass is 10.1. The summed E-state index contributed by atoms with van der Waals surface area (Å²) in [4.78, 5) is 24.7. The number of carbonyl (C=O) groups excluding carboxylic acids is 2. The summed E-state index contributed by atoms with van der Waals surface area (Å²) in [6.45, 7) is -0.248. The highest BCUT2D eigenvalue weighted by Crippen LogP contribution is 2.30. The molecule has 3 aromatic carbocycles. The lowest BCUT2D eigenvalue weighted by Crippen LogP contribution is -2.27. The first kappa shape index (κ1) is 16.8. The van der Waals surface area contributed by atoms with E-state index < -0.39 is 5.91 Å². The van der Waals surface area contributed by atoms with Gasteiger partial charge in [-0.3, -0.25) is 9.59 Å². The third kappa shape index (κ3) is 3.01. The standard InChI is InChI=1S/C21H16N2O4/c1-26-16-10-2-3-11-17(16)27-12-18(24)22-23-20-14-8-4-6-13-7-5-9-15(19(13)14)21(20)25/h2-11H,12H2,1H3,(H,22,24). The van der Waals surface area contributed by atoms with E-state index in [2.05, 4.69) is 10.5 Å². The molecule has 1 aliphatic carbocycles. The van der Waals surface area contributed by atoms with Gasteiger partial charge in [0.2, 0.25) is 5.78 Å². The normalized spacial score (nSPS) is 13.8. The number of hydrogen-bond acceptors (Lipinski definition) is 5. The fourth-order valence-electron chi connectivity index (χ4n) is 3.12. The van der Waals surface area contributed by atoms with Crippen molar-refractivity contribution >= 4 is 28.2 Å². The van der Waals surface area contributed by atoms with Crippen LogP contribution in [0.3, 0.4) is 0 Å². The fraction of sp³-hybridized carbons (Fsp3) is 0.0952. The molecule has 3 aromatic rings. The van der Waals surface area contributed by atoms with Crippen LogP contribution in [0, 0.1) is 0 Å². The van der Waals surface area contributed by atoms with Gasteiger partial charge in [0.1, 0.15) is 5.71 Å². The third-order valence-electron chi connectivity index (χ3n) is 4.34. The molecule has 1 aliphatic rings. The average Bonchev–Trinajstić information content (AvgIpc) is 2.98. The van der Waals surface area contributed by atoms with E-state index in [1.807, 2.05) is 36.4 Å². The van der Waals surface area contributed by atoms with Gasteiger partial charge in [0, 0.05) is 16.5 Å². The molecule has 1 N–H and O–H groups in total. The van der Waals surface area contributed by atoms with Crippen LogP contribution in [0.1, 0.15) is 15.9 Å². The first-order valence-corrected chi connectivity index (χ1v) is 8.38. The number of nitrogens with one attached hydrogen (secondary N) is 1. The molecule has 0 fully saturated rings. The Balaban J connectivity index is 1.50. The maximum absolute atomic E-state index is 12.6. The van der Waals surface area contributed by atoms with Crippen LogP contribution in [0.2, 0.25) is 0 Å². The molecular formula is C21H16N2O4. The van der Waals surface area contributed by atoms with Gasteiger partial charge >= 0.3 is 0 Å². The number of rotatable bonds is 5. The maximum atomic E-state index is 12.6. The van der Waals surface area contributed by atoms with Gasteiger partial charge in [-0.25, -0.2) is 5.43 Å². The Morgan fingerprint density at radius 3 is 2.41 bits per heavy atom. The summed E-state index contributed by atoms with van der Waals surface area (Å²) in [6, 6.07) is 18.2. The highest BCUT2D eigenvalue weighted by atomic mass is 16.5. The number of ketones is 1. The smallest absolute Gasteiger partial charge is 0.277 e. The van der Waals surface area contributed by atoms with Crippen molar-refractivity contribution in [2.45, 2.75) is 0 Å². The van der Waals surface area contributed by atoms with Gasteiger partial charge in [0.25, 0.3) is 5.91 Å². The number of ether oxygens (including phenoxy) is 2. The molecule has 0 spiro atoms. The van der Waals surface area contributed by atoms with Crippen molar-refractivity contribution in [2.75, 3.05) is 13.7 Å². The van der Waals surface area contributed by atoms with Gasteiger partial charge < -0.3 is 9.47 Å². The summed E-state index contributed by atoms with van der Waals surface area (Å²) in [6.07, 6.45) is 0. The molecule has 1 amide bonds. The summed E-state index contributed by atoms with van der Waals surface area (Å²) < 4.78 is 10.6. The number of nitrogens with zero attached hydrogens (tertiary/aromatic N) is 1. The number of hydrogen-bond donors (Lipinski definition) is 1. The zero-order valence-corrected chi connectivity index (χ0v) is 14.6. The number of hydrazone groups is 1. The minimum absolute atomic E-state index is 0.201. The van der Waals surface area contributed by atoms with E-state index in [-0.39, 0.29) is 18.1 Å². The lowest BCUT2D eigenvalue weighted by Gasteiger charge is -2.09. The van der Waals surface area contributed by atoms with Crippen LogP contribution in [0.15, 0.2) is 65.8 Å². The lowest BCUT2D eigenvalue weighted by molar-refractivity contribution is -0.123. The third-order valence-corrected chi connectivity index (χ3v) is 4.34. The minimum atomic E-state index is -0.468. The Morgan fingerprint density at radius 1 is 0.963 bits per heavy atom. The van der Waals surface area contributed by atoms with E-state index in [0.717, 1.165) is 16.3 Å². The average molecular weight is 360 g/mol. The number of benzene rings is 3. The second kappa shape index (κ2) is 6.92. The Hall–Kier alpha value is -3.67. The zero-order valence-electron chi connectivity index (χ0n) is 14.6. The van der Waals surface area contributed by atoms with Gasteiger partial charge in [-0.15, -0.1) is 0 Å². The summed E-state index contributed by atoms with van der Waals surface area (Å²) in [7, 11) is 1.53. The molecule has 0 aliphatic heterocycles. The van der Waals surface area contributed by atoms with Crippen LogP contribution in [-0.4, -0.2) is 31.1 Å². The summed E-state index contributed by atoms with van der Waals surface area (Å²) in [5, 5.41) is 5.89. The van der Waals surface area contributed by atoms with Crippen molar-refractivity contribution in [3.63, 3.8) is 0 Å². The molecule has 0 atom stereocenters. The molecule has 0 heterocycles. The molecular weight excluding hydrogens is 344 g/mol. The highest BCUT2D eigenvalue weighted by molar-refractivity contribution is 6.59. The van der Waals surface area contributed by atoms with Gasteiger partial charge in [-0.1, -0.05) is 48.5 Å². The second-order valence-electron chi connectivity index (χ2n) is 5.97. The van der Waals surface area contributed by atoms with Gasteiger partial charge in [0.05, 0.1) is 7.11 Å². The Bertz CT molecular complexity index is 1080. The quantitative estimate of drug-likeness (QED) is 0.710. The van der Waals surface area contributed by atoms with Crippen molar-refractivity contribution < 1.29 is 19.1 Å². The van der Waals surface area contributed by atoms with E-state index in [9.17, 15) is 9.59 Å². The van der Waals surface area contributed by atoms with E-state index in [4.69, 9.17) is 9.47 Å². The number of para-hydroxylation sites is 2. The van der Waals surface area contributed by atoms with Gasteiger partial charge in [-0.2, -0.15) is 5.10 Å². The largest absolute Gasteiger partial charge is 0.493 e. The molecule has 6 heteroatoms. The van der Waals surface area contributed by atoms with Gasteiger partial charge in [0.15, 0.2) is 18.1 Å². The van der Waals surface area contributed by atoms with E-state index in [1.165, 1.54) is 7.11 Å². The first-order chi connectivity index (χ1) is 13.2. The monoisotopic (exact) mass is 360 g/mol. The molecule has 27 heavy (non-hydrogen) atoms. The topological polar surface area (TPSA) is 77.0 Å². The Morgan fingerprint density at radius 2 is 1.67 bits per heavy atom. The SMILES string of the molecule is COc1ccccc1OCC(=O)NN=C1C(=O)c2cccc3cccc1c23.